The summed E-state index contributed by atoms with van der Waals surface area (Å²) in [6, 6.07) is 0.357. The second-order valence-electron chi connectivity index (χ2n) is 11.4. The van der Waals surface area contributed by atoms with Crippen LogP contribution in [-0.2, 0) is 4.74 Å². The van der Waals surface area contributed by atoms with Crippen LogP contribution in [0.15, 0.2) is 23.8 Å². The van der Waals surface area contributed by atoms with Crippen molar-refractivity contribution >= 4 is 0 Å². The van der Waals surface area contributed by atoms with Gasteiger partial charge in [-0.15, -0.1) is 6.58 Å². The van der Waals surface area contributed by atoms with E-state index in [0.29, 0.717) is 43.2 Å². The molecule has 4 bridgehead atoms. The molecule has 0 heterocycles. The van der Waals surface area contributed by atoms with Crippen LogP contribution in [-0.4, -0.2) is 30.5 Å². The summed E-state index contributed by atoms with van der Waals surface area (Å²) in [5.74, 6) is 2.29. The van der Waals surface area contributed by atoms with Crippen molar-refractivity contribution in [2.45, 2.75) is 122 Å². The number of allylic oxidation sites excluding steroid dienone is 2. The first-order valence-corrected chi connectivity index (χ1v) is 13.3. The van der Waals surface area contributed by atoms with Crippen molar-refractivity contribution in [2.75, 3.05) is 6.54 Å². The summed E-state index contributed by atoms with van der Waals surface area (Å²) in [5, 5.41) is 4.03. The summed E-state index contributed by atoms with van der Waals surface area (Å²) in [4.78, 5) is 0. The minimum absolute atomic E-state index is 0.261. The highest BCUT2D eigenvalue weighted by molar-refractivity contribution is 5.28. The van der Waals surface area contributed by atoms with E-state index in [1.165, 1.54) is 44.9 Å². The summed E-state index contributed by atoms with van der Waals surface area (Å²) >= 11 is 0. The molecule has 0 aromatic rings. The molecule has 0 radical (unpaired) electrons. The van der Waals surface area contributed by atoms with Gasteiger partial charge in [-0.05, 0) is 115 Å². The highest BCUT2D eigenvalue weighted by Gasteiger charge is 2.45. The fourth-order valence-electron chi connectivity index (χ4n) is 7.51. The van der Waals surface area contributed by atoms with Gasteiger partial charge in [-0.3, -0.25) is 0 Å². The van der Waals surface area contributed by atoms with E-state index < -0.39 is 5.67 Å². The molecule has 31 heavy (non-hydrogen) atoms. The summed E-state index contributed by atoms with van der Waals surface area (Å²) in [6.45, 7) is 11.5. The van der Waals surface area contributed by atoms with Crippen LogP contribution in [0.5, 0.6) is 0 Å². The number of rotatable bonds is 8. The van der Waals surface area contributed by atoms with Crippen molar-refractivity contribution in [1.82, 2.24) is 5.32 Å². The van der Waals surface area contributed by atoms with Gasteiger partial charge in [0.1, 0.15) is 5.67 Å². The van der Waals surface area contributed by atoms with Gasteiger partial charge in [0.2, 0.25) is 0 Å². The summed E-state index contributed by atoms with van der Waals surface area (Å²) < 4.78 is 21.9. The van der Waals surface area contributed by atoms with Gasteiger partial charge in [0.05, 0.1) is 18.2 Å². The van der Waals surface area contributed by atoms with E-state index in [1.54, 1.807) is 11.1 Å². The molecule has 0 aromatic heterocycles. The third-order valence-corrected chi connectivity index (χ3v) is 9.00. The average Bonchev–Trinajstić information content (AvgIpc) is 2.91. The first-order valence-electron chi connectivity index (χ1n) is 13.3. The minimum Gasteiger partial charge on any atom is -0.373 e. The van der Waals surface area contributed by atoms with Gasteiger partial charge in [-0.1, -0.05) is 30.6 Å². The molecule has 2 nitrogen and oxygen atoms in total. The van der Waals surface area contributed by atoms with E-state index in [-0.39, 0.29) is 12.0 Å². The first kappa shape index (κ1) is 23.5. The number of fused-ring (bicyclic) bond motifs is 2. The number of hydrogen-bond donors (Lipinski definition) is 1. The molecular weight excluding hydrogens is 385 g/mol. The third-order valence-electron chi connectivity index (χ3n) is 9.00. The van der Waals surface area contributed by atoms with Gasteiger partial charge in [-0.2, -0.15) is 0 Å². The van der Waals surface area contributed by atoms with Crippen molar-refractivity contribution in [3.8, 4) is 0 Å². The normalized spacial score (nSPS) is 40.7. The maximum Gasteiger partial charge on any atom is 0.111 e. The Morgan fingerprint density at radius 1 is 1.19 bits per heavy atom. The zero-order chi connectivity index (χ0) is 22.0. The molecule has 7 atom stereocenters. The standard InChI is InChI=1S/C28H46FNO/c1-5-15-28(29)16-14-23(20(6-2)17-28)18-30-26-24-12-13-25(27(26)31-19(3)4)22-9-7-8-21(24)10-11-22/h6,19-20,22-23,25-27,30H,2,5,7-18H2,1,3-4H3. The second-order valence-corrected chi connectivity index (χ2v) is 11.4. The highest BCUT2D eigenvalue weighted by atomic mass is 19.1. The molecule has 3 fully saturated rings. The molecule has 0 aromatic carbocycles. The molecule has 0 amide bonds. The van der Waals surface area contributed by atoms with Gasteiger partial charge in [0.15, 0.2) is 0 Å². The average molecular weight is 432 g/mol. The first-order chi connectivity index (χ1) is 14.9. The lowest BCUT2D eigenvalue weighted by Gasteiger charge is -2.47. The Kier molecular flexibility index (Phi) is 7.64. The van der Waals surface area contributed by atoms with Gasteiger partial charge < -0.3 is 10.1 Å². The summed E-state index contributed by atoms with van der Waals surface area (Å²) in [5.41, 5.74) is 2.44. The highest BCUT2D eigenvalue weighted by Crippen LogP contribution is 2.48. The molecule has 3 heteroatoms. The molecule has 3 saturated carbocycles. The predicted molar refractivity (Wildman–Crippen MR) is 128 cm³/mol. The fourth-order valence-corrected chi connectivity index (χ4v) is 7.51. The summed E-state index contributed by atoms with van der Waals surface area (Å²) in [6.07, 6.45) is 15.8. The van der Waals surface area contributed by atoms with Gasteiger partial charge >= 0.3 is 0 Å². The van der Waals surface area contributed by atoms with E-state index in [2.05, 4.69) is 32.7 Å². The number of ether oxygens (including phenoxy) is 1. The van der Waals surface area contributed by atoms with Gasteiger partial charge in [-0.25, -0.2) is 4.39 Å². The zero-order valence-corrected chi connectivity index (χ0v) is 20.3. The summed E-state index contributed by atoms with van der Waals surface area (Å²) in [7, 11) is 0. The lowest BCUT2D eigenvalue weighted by Crippen LogP contribution is -2.54. The minimum atomic E-state index is -0.978. The quantitative estimate of drug-likeness (QED) is 0.412. The van der Waals surface area contributed by atoms with Crippen LogP contribution in [0, 0.1) is 23.7 Å². The van der Waals surface area contributed by atoms with Crippen LogP contribution in [0.3, 0.4) is 0 Å². The van der Waals surface area contributed by atoms with Crippen molar-refractivity contribution in [3.63, 3.8) is 0 Å². The molecule has 176 valence electrons. The number of alkyl halides is 1. The van der Waals surface area contributed by atoms with Gasteiger partial charge in [0, 0.05) is 0 Å². The predicted octanol–water partition coefficient (Wildman–Crippen LogP) is 7.15. The van der Waals surface area contributed by atoms with Crippen LogP contribution in [0.2, 0.25) is 0 Å². The Hall–Kier alpha value is -0.670. The Morgan fingerprint density at radius 2 is 2.03 bits per heavy atom. The maximum absolute atomic E-state index is 15.3. The Morgan fingerprint density at radius 3 is 2.77 bits per heavy atom. The molecule has 0 aliphatic heterocycles. The molecule has 5 rings (SSSR count). The SMILES string of the molecule is C=CC1CC(F)(CCC)CCC1CNC1C2=C3CCCC(CC3)C(CC2)C1OC(C)C. The van der Waals surface area contributed by atoms with E-state index in [4.69, 9.17) is 4.74 Å². The number of nitrogens with one attached hydrogen (secondary N) is 1. The van der Waals surface area contributed by atoms with Crippen molar-refractivity contribution in [2.24, 2.45) is 23.7 Å². The van der Waals surface area contributed by atoms with Crippen LogP contribution in [0.25, 0.3) is 0 Å². The Bertz CT molecular complexity index is 657. The lowest BCUT2D eigenvalue weighted by molar-refractivity contribution is -0.0708. The second kappa shape index (κ2) is 10.1. The van der Waals surface area contributed by atoms with Crippen LogP contribution in [0.4, 0.5) is 4.39 Å². The topological polar surface area (TPSA) is 21.3 Å². The van der Waals surface area contributed by atoms with Crippen LogP contribution in [0.1, 0.15) is 97.8 Å². The van der Waals surface area contributed by atoms with Crippen LogP contribution >= 0.6 is 0 Å². The Labute approximate surface area is 190 Å². The lowest BCUT2D eigenvalue weighted by atomic mass is 9.68. The third kappa shape index (κ3) is 5.13. The van der Waals surface area contributed by atoms with Crippen molar-refractivity contribution < 1.29 is 9.13 Å². The largest absolute Gasteiger partial charge is 0.373 e. The number of halogens is 1. The molecule has 5 aliphatic rings. The Balaban J connectivity index is 1.51. The molecule has 0 saturated heterocycles. The zero-order valence-electron chi connectivity index (χ0n) is 20.3. The van der Waals surface area contributed by atoms with E-state index in [0.717, 1.165) is 25.3 Å². The fraction of sp³-hybridized carbons (Fsp3) is 0.857. The van der Waals surface area contributed by atoms with E-state index in [1.807, 2.05) is 6.08 Å². The molecule has 1 N–H and O–H groups in total. The molecule has 0 spiro atoms. The molecule has 5 aliphatic carbocycles. The van der Waals surface area contributed by atoms with Crippen molar-refractivity contribution in [3.05, 3.63) is 23.8 Å². The van der Waals surface area contributed by atoms with Crippen molar-refractivity contribution in [1.29, 1.82) is 0 Å². The van der Waals surface area contributed by atoms with Gasteiger partial charge in [0.25, 0.3) is 0 Å². The smallest absolute Gasteiger partial charge is 0.111 e. The molecular formula is C28H46FNO. The molecule has 7 unspecified atom stereocenters. The maximum atomic E-state index is 15.3. The van der Waals surface area contributed by atoms with E-state index >= 15 is 4.39 Å². The van der Waals surface area contributed by atoms with E-state index in [9.17, 15) is 0 Å². The number of hydrogen-bond acceptors (Lipinski definition) is 2. The monoisotopic (exact) mass is 431 g/mol. The van der Waals surface area contributed by atoms with Crippen LogP contribution < -0.4 is 5.32 Å².